The normalized spacial score (nSPS) is 10.5. The highest BCUT2D eigenvalue weighted by Crippen LogP contribution is 2.22. The molecule has 1 aromatic carbocycles. The van der Waals surface area contributed by atoms with E-state index in [1.807, 2.05) is 18.3 Å². The first-order chi connectivity index (χ1) is 7.29. The Labute approximate surface area is 102 Å². The average molecular weight is 283 g/mol. The molecule has 78 valence electrons. The maximum absolute atomic E-state index is 4.30. The lowest BCUT2D eigenvalue weighted by Gasteiger charge is -1.97. The second-order valence-corrected chi connectivity index (χ2v) is 5.21. The number of rotatable bonds is 3. The van der Waals surface area contributed by atoms with Gasteiger partial charge in [0.05, 0.1) is 11.9 Å². The van der Waals surface area contributed by atoms with E-state index in [-0.39, 0.29) is 0 Å². The molecule has 2 aromatic rings. The van der Waals surface area contributed by atoms with Crippen molar-refractivity contribution >= 4 is 27.7 Å². The third kappa shape index (κ3) is 2.63. The Hall–Kier alpha value is -0.740. The smallest absolute Gasteiger partial charge is 0.165 e. The molecule has 0 aliphatic carbocycles. The Morgan fingerprint density at radius 1 is 1.33 bits per heavy atom. The first-order valence-corrected chi connectivity index (χ1v) is 6.51. The minimum absolute atomic E-state index is 0.982. The second kappa shape index (κ2) is 4.86. The Bertz CT molecular complexity index is 436. The second-order valence-electron chi connectivity index (χ2n) is 3.04. The summed E-state index contributed by atoms with van der Waals surface area (Å²) in [5, 5.41) is 0.982. The number of hydrogen-bond donors (Lipinski definition) is 1. The quantitative estimate of drug-likeness (QED) is 0.864. The standard InChI is InChI=1S/C11H11BrN2S/c1-2-15-11-13-7-10(14-11)8-3-5-9(12)6-4-8/h3-7H,2H2,1H3,(H,13,14). The highest BCUT2D eigenvalue weighted by Gasteiger charge is 2.02. The lowest BCUT2D eigenvalue weighted by atomic mass is 10.2. The van der Waals surface area contributed by atoms with Crippen LogP contribution in [-0.4, -0.2) is 15.7 Å². The Morgan fingerprint density at radius 3 is 2.73 bits per heavy atom. The van der Waals surface area contributed by atoms with Crippen LogP contribution in [0.1, 0.15) is 6.92 Å². The van der Waals surface area contributed by atoms with Crippen LogP contribution < -0.4 is 0 Å². The number of nitrogens with one attached hydrogen (secondary N) is 1. The van der Waals surface area contributed by atoms with E-state index in [0.717, 1.165) is 26.6 Å². The van der Waals surface area contributed by atoms with Crippen molar-refractivity contribution < 1.29 is 0 Å². The summed E-state index contributed by atoms with van der Waals surface area (Å²) in [6.07, 6.45) is 1.88. The molecule has 0 bridgehead atoms. The van der Waals surface area contributed by atoms with E-state index in [1.54, 1.807) is 11.8 Å². The third-order valence-corrected chi connectivity index (χ3v) is 3.29. The van der Waals surface area contributed by atoms with Crippen molar-refractivity contribution in [2.45, 2.75) is 12.1 Å². The van der Waals surface area contributed by atoms with Gasteiger partial charge in [-0.15, -0.1) is 0 Å². The zero-order chi connectivity index (χ0) is 10.7. The van der Waals surface area contributed by atoms with E-state index in [0.29, 0.717) is 0 Å². The summed E-state index contributed by atoms with van der Waals surface area (Å²) in [6.45, 7) is 2.12. The zero-order valence-electron chi connectivity index (χ0n) is 8.33. The molecule has 0 saturated carbocycles. The van der Waals surface area contributed by atoms with Crippen LogP contribution in [0.3, 0.4) is 0 Å². The summed E-state index contributed by atoms with van der Waals surface area (Å²) in [5.74, 6) is 1.04. The lowest BCUT2D eigenvalue weighted by molar-refractivity contribution is 1.06. The molecule has 0 aliphatic heterocycles. The molecule has 1 N–H and O–H groups in total. The minimum Gasteiger partial charge on any atom is -0.333 e. The fraction of sp³-hybridized carbons (Fsp3) is 0.182. The van der Waals surface area contributed by atoms with Crippen LogP contribution in [0.2, 0.25) is 0 Å². The molecular weight excluding hydrogens is 272 g/mol. The minimum atomic E-state index is 0.982. The number of hydrogen-bond acceptors (Lipinski definition) is 2. The van der Waals surface area contributed by atoms with Gasteiger partial charge in [-0.1, -0.05) is 46.7 Å². The number of imidazole rings is 1. The van der Waals surface area contributed by atoms with Crippen molar-refractivity contribution in [1.82, 2.24) is 9.97 Å². The van der Waals surface area contributed by atoms with Gasteiger partial charge in [0.25, 0.3) is 0 Å². The predicted octanol–water partition coefficient (Wildman–Crippen LogP) is 3.95. The highest BCUT2D eigenvalue weighted by molar-refractivity contribution is 9.10. The SMILES string of the molecule is CCSc1ncc(-c2ccc(Br)cc2)[nH]1. The number of benzene rings is 1. The van der Waals surface area contributed by atoms with Gasteiger partial charge >= 0.3 is 0 Å². The van der Waals surface area contributed by atoms with Gasteiger partial charge in [0.2, 0.25) is 0 Å². The predicted molar refractivity (Wildman–Crippen MR) is 68.1 cm³/mol. The molecule has 2 rings (SSSR count). The van der Waals surface area contributed by atoms with Gasteiger partial charge in [-0.05, 0) is 23.4 Å². The van der Waals surface area contributed by atoms with Crippen LogP contribution in [-0.2, 0) is 0 Å². The lowest BCUT2D eigenvalue weighted by Crippen LogP contribution is -1.78. The number of H-pyrrole nitrogens is 1. The van der Waals surface area contributed by atoms with Crippen LogP contribution in [0.15, 0.2) is 40.1 Å². The molecular formula is C11H11BrN2S. The Balaban J connectivity index is 2.25. The van der Waals surface area contributed by atoms with Crippen molar-refractivity contribution in [3.63, 3.8) is 0 Å². The van der Waals surface area contributed by atoms with Gasteiger partial charge in [0.15, 0.2) is 5.16 Å². The number of thioether (sulfide) groups is 1. The molecule has 0 unspecified atom stereocenters. The molecule has 0 spiro atoms. The summed E-state index contributed by atoms with van der Waals surface area (Å²) in [4.78, 5) is 7.59. The largest absolute Gasteiger partial charge is 0.333 e. The van der Waals surface area contributed by atoms with E-state index in [2.05, 4.69) is 45.0 Å². The summed E-state index contributed by atoms with van der Waals surface area (Å²) >= 11 is 5.14. The summed E-state index contributed by atoms with van der Waals surface area (Å²) in [6, 6.07) is 8.20. The molecule has 0 atom stereocenters. The van der Waals surface area contributed by atoms with Crippen molar-refractivity contribution in [2.24, 2.45) is 0 Å². The van der Waals surface area contributed by atoms with E-state index in [1.165, 1.54) is 0 Å². The van der Waals surface area contributed by atoms with E-state index < -0.39 is 0 Å². The first-order valence-electron chi connectivity index (χ1n) is 4.73. The highest BCUT2D eigenvalue weighted by atomic mass is 79.9. The van der Waals surface area contributed by atoms with Crippen LogP contribution >= 0.6 is 27.7 Å². The van der Waals surface area contributed by atoms with Gasteiger partial charge in [0, 0.05) is 4.47 Å². The number of halogens is 1. The summed E-state index contributed by atoms with van der Waals surface area (Å²) in [7, 11) is 0. The molecule has 1 aromatic heterocycles. The van der Waals surface area contributed by atoms with Crippen LogP contribution in [0.4, 0.5) is 0 Å². The van der Waals surface area contributed by atoms with E-state index in [4.69, 9.17) is 0 Å². The summed E-state index contributed by atoms with van der Waals surface area (Å²) < 4.78 is 1.09. The molecule has 0 amide bonds. The molecule has 2 nitrogen and oxygen atoms in total. The Morgan fingerprint density at radius 2 is 2.07 bits per heavy atom. The van der Waals surface area contributed by atoms with Crippen LogP contribution in [0, 0.1) is 0 Å². The molecule has 0 fully saturated rings. The van der Waals surface area contributed by atoms with Gasteiger partial charge in [-0.25, -0.2) is 4.98 Å². The summed E-state index contributed by atoms with van der Waals surface area (Å²) in [5.41, 5.74) is 2.23. The average Bonchev–Trinajstić information content (AvgIpc) is 2.68. The number of aromatic amines is 1. The maximum atomic E-state index is 4.30. The van der Waals surface area contributed by atoms with E-state index >= 15 is 0 Å². The van der Waals surface area contributed by atoms with Gasteiger partial charge in [-0.3, -0.25) is 0 Å². The Kier molecular flexibility index (Phi) is 3.49. The monoisotopic (exact) mass is 282 g/mol. The zero-order valence-corrected chi connectivity index (χ0v) is 10.7. The topological polar surface area (TPSA) is 28.7 Å². The van der Waals surface area contributed by atoms with Crippen LogP contribution in [0.5, 0.6) is 0 Å². The molecule has 0 saturated heterocycles. The molecule has 15 heavy (non-hydrogen) atoms. The number of nitrogens with zero attached hydrogens (tertiary/aromatic N) is 1. The van der Waals surface area contributed by atoms with E-state index in [9.17, 15) is 0 Å². The van der Waals surface area contributed by atoms with Crippen molar-refractivity contribution in [1.29, 1.82) is 0 Å². The van der Waals surface area contributed by atoms with Crippen molar-refractivity contribution in [3.05, 3.63) is 34.9 Å². The van der Waals surface area contributed by atoms with Crippen molar-refractivity contribution in [3.8, 4) is 11.3 Å². The van der Waals surface area contributed by atoms with Gasteiger partial charge in [0.1, 0.15) is 0 Å². The molecule has 0 aliphatic rings. The molecule has 0 radical (unpaired) electrons. The fourth-order valence-corrected chi connectivity index (χ4v) is 2.14. The van der Waals surface area contributed by atoms with Gasteiger partial charge in [-0.2, -0.15) is 0 Å². The third-order valence-electron chi connectivity index (χ3n) is 1.99. The number of aromatic nitrogens is 2. The molecule has 1 heterocycles. The van der Waals surface area contributed by atoms with Crippen LogP contribution in [0.25, 0.3) is 11.3 Å². The van der Waals surface area contributed by atoms with Gasteiger partial charge < -0.3 is 4.98 Å². The fourth-order valence-electron chi connectivity index (χ4n) is 1.29. The molecule has 4 heteroatoms. The first kappa shape index (κ1) is 10.8. The maximum Gasteiger partial charge on any atom is 0.165 e. The van der Waals surface area contributed by atoms with Crippen molar-refractivity contribution in [2.75, 3.05) is 5.75 Å².